The number of nitrogens with one attached hydrogen (secondary N) is 2. The van der Waals surface area contributed by atoms with Crippen LogP contribution in [0.15, 0.2) is 36.4 Å². The summed E-state index contributed by atoms with van der Waals surface area (Å²) >= 11 is 1.33. The number of anilines is 1. The fourth-order valence-electron chi connectivity index (χ4n) is 5.03. The molecule has 43 heavy (non-hydrogen) atoms. The van der Waals surface area contributed by atoms with E-state index in [-0.39, 0.29) is 54.6 Å². The lowest BCUT2D eigenvalue weighted by Crippen LogP contribution is -2.49. The molecule has 0 aliphatic carbocycles. The number of hydrogen-bond donors (Lipinski definition) is 3. The van der Waals surface area contributed by atoms with Crippen molar-refractivity contribution in [2.45, 2.75) is 50.7 Å². The minimum atomic E-state index is -1.29. The summed E-state index contributed by atoms with van der Waals surface area (Å²) in [5.41, 5.74) is 7.55. The van der Waals surface area contributed by atoms with Crippen molar-refractivity contribution in [1.82, 2.24) is 15.1 Å². The van der Waals surface area contributed by atoms with E-state index in [2.05, 4.69) is 10.6 Å². The number of carbonyl (C=O) groups excluding carboxylic acids is 3. The zero-order valence-electron chi connectivity index (χ0n) is 24.3. The number of morpholine rings is 1. The second-order valence-electron chi connectivity index (χ2n) is 11.1. The summed E-state index contributed by atoms with van der Waals surface area (Å²) in [5, 5.41) is 5.47. The van der Waals surface area contributed by atoms with Crippen molar-refractivity contribution in [2.24, 2.45) is 11.7 Å². The summed E-state index contributed by atoms with van der Waals surface area (Å²) in [4.78, 5) is 42.2. The average molecular weight is 622 g/mol. The molecule has 2 saturated heterocycles. The second-order valence-corrected chi connectivity index (χ2v) is 12.2. The van der Waals surface area contributed by atoms with Crippen molar-refractivity contribution < 1.29 is 32.3 Å². The van der Waals surface area contributed by atoms with Crippen molar-refractivity contribution in [2.75, 3.05) is 43.9 Å². The maximum Gasteiger partial charge on any atom is 0.253 e. The van der Waals surface area contributed by atoms with Crippen LogP contribution in [0.1, 0.15) is 31.4 Å². The SMILES string of the molecule is CC(C)[C@@H](Nc1ccc(CNC(=O)[C@@H]2SCCN2C(=O)C[C@H](N)Cc2cc(F)c(F)cc2F)cc1)C(=O)N1CCOCC1. The number of halogens is 3. The molecular weight excluding hydrogens is 583 g/mol. The lowest BCUT2D eigenvalue weighted by atomic mass is 10.0. The average Bonchev–Trinajstić information content (AvgIpc) is 3.48. The molecule has 2 aromatic carbocycles. The van der Waals surface area contributed by atoms with E-state index in [1.165, 1.54) is 16.7 Å². The van der Waals surface area contributed by atoms with Crippen LogP contribution in [-0.2, 0) is 32.1 Å². The Morgan fingerprint density at radius 3 is 2.37 bits per heavy atom. The van der Waals surface area contributed by atoms with Gasteiger partial charge in [0.2, 0.25) is 11.8 Å². The molecule has 0 saturated carbocycles. The van der Waals surface area contributed by atoms with Gasteiger partial charge in [0.25, 0.3) is 5.91 Å². The minimum Gasteiger partial charge on any atom is -0.378 e. The number of carbonyl (C=O) groups is 3. The van der Waals surface area contributed by atoms with Gasteiger partial charge in [0.05, 0.1) is 13.2 Å². The first kappa shape index (κ1) is 32.6. The summed E-state index contributed by atoms with van der Waals surface area (Å²) in [6, 6.07) is 7.43. The third kappa shape index (κ3) is 8.64. The lowest BCUT2D eigenvalue weighted by molar-refractivity contribution is -0.137. The Morgan fingerprint density at radius 2 is 1.70 bits per heavy atom. The van der Waals surface area contributed by atoms with Gasteiger partial charge < -0.3 is 30.9 Å². The van der Waals surface area contributed by atoms with Gasteiger partial charge in [0.15, 0.2) is 17.0 Å². The molecule has 0 spiro atoms. The number of hydrogen-bond acceptors (Lipinski definition) is 7. The second kappa shape index (κ2) is 14.9. The van der Waals surface area contributed by atoms with Gasteiger partial charge in [-0.3, -0.25) is 14.4 Å². The highest BCUT2D eigenvalue weighted by molar-refractivity contribution is 8.00. The molecule has 0 radical (unpaired) electrons. The molecule has 4 N–H and O–H groups in total. The van der Waals surface area contributed by atoms with E-state index in [4.69, 9.17) is 10.5 Å². The molecule has 0 aromatic heterocycles. The van der Waals surface area contributed by atoms with Gasteiger partial charge in [-0.15, -0.1) is 11.8 Å². The first-order valence-corrected chi connectivity index (χ1v) is 15.4. The van der Waals surface area contributed by atoms with Crippen molar-refractivity contribution >= 4 is 35.2 Å². The highest BCUT2D eigenvalue weighted by Crippen LogP contribution is 2.26. The van der Waals surface area contributed by atoms with Crippen LogP contribution in [0.25, 0.3) is 0 Å². The number of rotatable bonds is 11. The monoisotopic (exact) mass is 621 g/mol. The Labute approximate surface area is 253 Å². The Balaban J connectivity index is 1.27. The van der Waals surface area contributed by atoms with E-state index in [9.17, 15) is 27.6 Å². The van der Waals surface area contributed by atoms with Gasteiger partial charge in [-0.25, -0.2) is 13.2 Å². The van der Waals surface area contributed by atoms with Gasteiger partial charge in [-0.1, -0.05) is 26.0 Å². The first-order chi connectivity index (χ1) is 20.5. The van der Waals surface area contributed by atoms with Crippen molar-refractivity contribution in [3.05, 3.63) is 65.0 Å². The zero-order valence-corrected chi connectivity index (χ0v) is 25.1. The Bertz CT molecular complexity index is 1290. The number of ether oxygens (including phenoxy) is 1. The van der Waals surface area contributed by atoms with Crippen LogP contribution in [0.4, 0.5) is 18.9 Å². The smallest absolute Gasteiger partial charge is 0.253 e. The van der Waals surface area contributed by atoms with Gasteiger partial charge in [-0.2, -0.15) is 0 Å². The van der Waals surface area contributed by atoms with E-state index in [0.717, 1.165) is 17.3 Å². The topological polar surface area (TPSA) is 117 Å². The van der Waals surface area contributed by atoms with Crippen LogP contribution in [0.2, 0.25) is 0 Å². The molecule has 3 amide bonds. The molecule has 0 bridgehead atoms. The third-order valence-electron chi connectivity index (χ3n) is 7.44. The first-order valence-electron chi connectivity index (χ1n) is 14.3. The maximum atomic E-state index is 14.0. The number of amides is 3. The molecule has 2 aliphatic rings. The molecule has 4 rings (SSSR count). The molecule has 0 unspecified atom stereocenters. The lowest BCUT2D eigenvalue weighted by Gasteiger charge is -2.32. The number of thioether (sulfide) groups is 1. The molecule has 234 valence electrons. The molecule has 2 heterocycles. The van der Waals surface area contributed by atoms with Crippen LogP contribution in [0.3, 0.4) is 0 Å². The fourth-order valence-corrected chi connectivity index (χ4v) is 6.19. The highest BCUT2D eigenvalue weighted by Gasteiger charge is 2.35. The Kier molecular flexibility index (Phi) is 11.3. The number of benzene rings is 2. The Morgan fingerprint density at radius 1 is 1.02 bits per heavy atom. The minimum absolute atomic E-state index is 0.0419. The van der Waals surface area contributed by atoms with Crippen LogP contribution < -0.4 is 16.4 Å². The summed E-state index contributed by atoms with van der Waals surface area (Å²) in [5.74, 6) is -3.43. The van der Waals surface area contributed by atoms with E-state index < -0.39 is 28.9 Å². The Hall–Kier alpha value is -3.29. The molecule has 2 fully saturated rings. The normalized spacial score (nSPS) is 18.4. The predicted octanol–water partition coefficient (Wildman–Crippen LogP) is 2.88. The van der Waals surface area contributed by atoms with E-state index in [1.54, 1.807) is 0 Å². The number of nitrogens with two attached hydrogens (primary N) is 1. The summed E-state index contributed by atoms with van der Waals surface area (Å²) in [7, 11) is 0. The van der Waals surface area contributed by atoms with Crippen molar-refractivity contribution in [3.63, 3.8) is 0 Å². The van der Waals surface area contributed by atoms with Gasteiger partial charge in [-0.05, 0) is 41.7 Å². The van der Waals surface area contributed by atoms with Gasteiger partial charge in [0.1, 0.15) is 11.9 Å². The molecule has 2 aliphatic heterocycles. The predicted molar refractivity (Wildman–Crippen MR) is 159 cm³/mol. The molecule has 3 atom stereocenters. The van der Waals surface area contributed by atoms with Crippen molar-refractivity contribution in [3.8, 4) is 0 Å². The van der Waals surface area contributed by atoms with E-state index in [0.29, 0.717) is 44.7 Å². The molecule has 2 aromatic rings. The van der Waals surface area contributed by atoms with Crippen molar-refractivity contribution in [1.29, 1.82) is 0 Å². The maximum absolute atomic E-state index is 14.0. The zero-order chi connectivity index (χ0) is 31.1. The third-order valence-corrected chi connectivity index (χ3v) is 8.64. The quantitative estimate of drug-likeness (QED) is 0.331. The molecular formula is C30H38F3N5O4S. The summed E-state index contributed by atoms with van der Waals surface area (Å²) in [6.07, 6.45) is -0.334. The summed E-state index contributed by atoms with van der Waals surface area (Å²) in [6.45, 7) is 6.82. The van der Waals surface area contributed by atoms with Crippen LogP contribution >= 0.6 is 11.8 Å². The van der Waals surface area contributed by atoms with Gasteiger partial charge >= 0.3 is 0 Å². The van der Waals surface area contributed by atoms with E-state index >= 15 is 0 Å². The fraction of sp³-hybridized carbons (Fsp3) is 0.500. The van der Waals surface area contributed by atoms with Crippen LogP contribution in [0.5, 0.6) is 0 Å². The number of nitrogens with zero attached hydrogens (tertiary/aromatic N) is 2. The standard InChI is InChI=1S/C30H38F3N5O4S/c1-18(2)27(29(41)37-7-10-42-11-8-37)36-22-5-3-19(4-6-22)17-35-28(40)30-38(9-12-43-30)26(39)15-21(34)13-20-14-24(32)25(33)16-23(20)31/h3-6,14,16,18,21,27,30,36H,7-13,15,17,34H2,1-2H3,(H,35,40)/t21-,27-,30+/m1/s1. The molecule has 9 nitrogen and oxygen atoms in total. The molecule has 13 heteroatoms. The largest absolute Gasteiger partial charge is 0.378 e. The highest BCUT2D eigenvalue weighted by atomic mass is 32.2. The van der Waals surface area contributed by atoms with Crippen LogP contribution in [0, 0.1) is 23.4 Å². The summed E-state index contributed by atoms with van der Waals surface area (Å²) < 4.78 is 46.1. The van der Waals surface area contributed by atoms with Crippen LogP contribution in [-0.4, -0.2) is 83.6 Å². The van der Waals surface area contributed by atoms with Gasteiger partial charge in [0, 0.05) is 56.1 Å². The van der Waals surface area contributed by atoms with E-state index in [1.807, 2.05) is 43.0 Å².